The molecule has 4 nitrogen and oxygen atoms in total. The molecule has 2 aliphatic rings. The Kier molecular flexibility index (Phi) is 4.89. The summed E-state index contributed by atoms with van der Waals surface area (Å²) in [7, 11) is 0. The molecule has 1 aromatic rings. The Bertz CT molecular complexity index is 451. The molecule has 0 unspecified atom stereocenters. The molecule has 1 saturated heterocycles. The van der Waals surface area contributed by atoms with Gasteiger partial charge in [-0.3, -0.25) is 0 Å². The first-order chi connectivity index (χ1) is 9.88. The molecule has 0 aromatic carbocycles. The quantitative estimate of drug-likeness (QED) is 0.791. The van der Waals surface area contributed by atoms with E-state index in [9.17, 15) is 0 Å². The third-order valence-electron chi connectivity index (χ3n) is 4.39. The molecule has 1 aliphatic heterocycles. The number of aromatic nitrogens is 2. The fourth-order valence-corrected chi connectivity index (χ4v) is 3.80. The van der Waals surface area contributed by atoms with Crippen LogP contribution < -0.4 is 4.90 Å². The predicted molar refractivity (Wildman–Crippen MR) is 85.7 cm³/mol. The van der Waals surface area contributed by atoms with E-state index >= 15 is 0 Å². The highest BCUT2D eigenvalue weighted by molar-refractivity contribution is 9.09. The van der Waals surface area contributed by atoms with Gasteiger partial charge in [0.2, 0.25) is 0 Å². The minimum absolute atomic E-state index is 1.07. The average Bonchev–Trinajstić information content (AvgIpc) is 2.73. The maximum Gasteiger partial charge on any atom is 0.135 e. The first kappa shape index (κ1) is 14.3. The van der Waals surface area contributed by atoms with Crippen LogP contribution in [0.2, 0.25) is 0 Å². The lowest BCUT2D eigenvalue weighted by atomic mass is 9.96. The van der Waals surface area contributed by atoms with E-state index in [0.717, 1.165) is 44.4 Å². The number of hydrogen-bond acceptors (Lipinski definition) is 4. The van der Waals surface area contributed by atoms with E-state index in [1.807, 2.05) is 0 Å². The van der Waals surface area contributed by atoms with Gasteiger partial charge in [0, 0.05) is 42.8 Å². The van der Waals surface area contributed by atoms with Crippen molar-refractivity contribution in [2.24, 2.45) is 0 Å². The van der Waals surface area contributed by atoms with Gasteiger partial charge in [0.05, 0.1) is 0 Å². The minimum Gasteiger partial charge on any atom is -0.355 e. The van der Waals surface area contributed by atoms with Crippen molar-refractivity contribution < 1.29 is 0 Å². The number of rotatable bonds is 3. The molecule has 0 radical (unpaired) electrons. The first-order valence-corrected chi connectivity index (χ1v) is 8.86. The van der Waals surface area contributed by atoms with Crippen LogP contribution in [0.15, 0.2) is 6.33 Å². The van der Waals surface area contributed by atoms with Crippen LogP contribution in [-0.4, -0.2) is 52.9 Å². The Morgan fingerprint density at radius 3 is 2.80 bits per heavy atom. The molecule has 2 heterocycles. The number of anilines is 1. The van der Waals surface area contributed by atoms with Crippen molar-refractivity contribution in [1.29, 1.82) is 0 Å². The molecule has 20 heavy (non-hydrogen) atoms. The fraction of sp³-hybridized carbons (Fsp3) is 0.733. The van der Waals surface area contributed by atoms with E-state index < -0.39 is 0 Å². The molecule has 0 spiro atoms. The summed E-state index contributed by atoms with van der Waals surface area (Å²) in [6.45, 7) is 5.72. The number of hydrogen-bond donors (Lipinski definition) is 0. The molecule has 5 heteroatoms. The zero-order chi connectivity index (χ0) is 13.8. The SMILES string of the molecule is BrCCN1CCCN(c2ncnc3c2CCCC3)CC1. The third-order valence-corrected chi connectivity index (χ3v) is 4.75. The van der Waals surface area contributed by atoms with Crippen molar-refractivity contribution in [1.82, 2.24) is 14.9 Å². The Morgan fingerprint density at radius 1 is 1.00 bits per heavy atom. The Morgan fingerprint density at radius 2 is 1.90 bits per heavy atom. The van der Waals surface area contributed by atoms with Crippen LogP contribution in [-0.2, 0) is 12.8 Å². The summed E-state index contributed by atoms with van der Waals surface area (Å²) in [5.74, 6) is 1.22. The largest absolute Gasteiger partial charge is 0.355 e. The lowest BCUT2D eigenvalue weighted by Gasteiger charge is -2.27. The summed E-state index contributed by atoms with van der Waals surface area (Å²) in [5, 5.41) is 1.07. The second-order valence-corrected chi connectivity index (χ2v) is 6.49. The van der Waals surface area contributed by atoms with Crippen LogP contribution in [0, 0.1) is 0 Å². The second-order valence-electron chi connectivity index (χ2n) is 5.70. The fourth-order valence-electron chi connectivity index (χ4n) is 3.30. The molecular formula is C15H23BrN4. The van der Waals surface area contributed by atoms with Crippen molar-refractivity contribution in [3.8, 4) is 0 Å². The Hall–Kier alpha value is -0.680. The summed E-state index contributed by atoms with van der Waals surface area (Å²) >= 11 is 3.54. The lowest BCUT2D eigenvalue weighted by molar-refractivity contribution is 0.313. The molecule has 0 amide bonds. The second kappa shape index (κ2) is 6.85. The first-order valence-electron chi connectivity index (χ1n) is 7.74. The average molecular weight is 339 g/mol. The molecule has 0 bridgehead atoms. The van der Waals surface area contributed by atoms with Crippen LogP contribution in [0.4, 0.5) is 5.82 Å². The molecule has 0 atom stereocenters. The number of aryl methyl sites for hydroxylation is 1. The van der Waals surface area contributed by atoms with Crippen molar-refractivity contribution >= 4 is 21.7 Å². The molecule has 1 fully saturated rings. The third kappa shape index (κ3) is 3.14. The van der Waals surface area contributed by atoms with Crippen molar-refractivity contribution in [3.05, 3.63) is 17.6 Å². The maximum absolute atomic E-state index is 4.62. The van der Waals surface area contributed by atoms with Gasteiger partial charge in [0.1, 0.15) is 12.1 Å². The van der Waals surface area contributed by atoms with Crippen LogP contribution in [0.3, 0.4) is 0 Å². The van der Waals surface area contributed by atoms with Crippen molar-refractivity contribution in [2.45, 2.75) is 32.1 Å². The molecule has 1 aliphatic carbocycles. The van der Waals surface area contributed by atoms with Gasteiger partial charge in [-0.1, -0.05) is 15.9 Å². The highest BCUT2D eigenvalue weighted by Gasteiger charge is 2.21. The standard InChI is InChI=1S/C15H23BrN4/c16-6-9-19-7-3-8-20(11-10-19)15-13-4-1-2-5-14(13)17-12-18-15/h12H,1-11H2. The number of alkyl halides is 1. The Balaban J connectivity index is 1.76. The summed E-state index contributed by atoms with van der Waals surface area (Å²) in [6.07, 6.45) is 7.85. The highest BCUT2D eigenvalue weighted by Crippen LogP contribution is 2.27. The van der Waals surface area contributed by atoms with E-state index in [1.165, 1.54) is 42.9 Å². The van der Waals surface area contributed by atoms with Crippen LogP contribution in [0.1, 0.15) is 30.5 Å². The topological polar surface area (TPSA) is 32.3 Å². The summed E-state index contributed by atoms with van der Waals surface area (Å²) < 4.78 is 0. The van der Waals surface area contributed by atoms with Crippen LogP contribution >= 0.6 is 15.9 Å². The van der Waals surface area contributed by atoms with Gasteiger partial charge in [-0.25, -0.2) is 9.97 Å². The normalized spacial score (nSPS) is 20.6. The monoisotopic (exact) mass is 338 g/mol. The highest BCUT2D eigenvalue weighted by atomic mass is 79.9. The van der Waals surface area contributed by atoms with E-state index in [1.54, 1.807) is 6.33 Å². The van der Waals surface area contributed by atoms with Gasteiger partial charge in [0.25, 0.3) is 0 Å². The maximum atomic E-state index is 4.62. The van der Waals surface area contributed by atoms with Gasteiger partial charge < -0.3 is 9.80 Å². The lowest BCUT2D eigenvalue weighted by Crippen LogP contribution is -2.33. The van der Waals surface area contributed by atoms with Crippen LogP contribution in [0.25, 0.3) is 0 Å². The van der Waals surface area contributed by atoms with Crippen LogP contribution in [0.5, 0.6) is 0 Å². The van der Waals surface area contributed by atoms with E-state index in [2.05, 4.69) is 35.7 Å². The van der Waals surface area contributed by atoms with E-state index in [0.29, 0.717) is 0 Å². The molecule has 110 valence electrons. The zero-order valence-corrected chi connectivity index (χ0v) is 13.6. The number of nitrogens with zero attached hydrogens (tertiary/aromatic N) is 4. The van der Waals surface area contributed by atoms with Gasteiger partial charge in [-0.05, 0) is 38.6 Å². The molecular weight excluding hydrogens is 316 g/mol. The summed E-state index contributed by atoms with van der Waals surface area (Å²) in [5.41, 5.74) is 2.72. The summed E-state index contributed by atoms with van der Waals surface area (Å²) in [6, 6.07) is 0. The Labute approximate surface area is 129 Å². The molecule has 1 aromatic heterocycles. The zero-order valence-electron chi connectivity index (χ0n) is 12.0. The number of fused-ring (bicyclic) bond motifs is 1. The minimum atomic E-state index is 1.07. The van der Waals surface area contributed by atoms with E-state index in [-0.39, 0.29) is 0 Å². The van der Waals surface area contributed by atoms with Gasteiger partial charge in [-0.15, -0.1) is 0 Å². The molecule has 0 N–H and O–H groups in total. The van der Waals surface area contributed by atoms with E-state index in [4.69, 9.17) is 0 Å². The summed E-state index contributed by atoms with van der Waals surface area (Å²) in [4.78, 5) is 14.1. The van der Waals surface area contributed by atoms with Crippen molar-refractivity contribution in [3.63, 3.8) is 0 Å². The van der Waals surface area contributed by atoms with Gasteiger partial charge in [0.15, 0.2) is 0 Å². The van der Waals surface area contributed by atoms with Gasteiger partial charge >= 0.3 is 0 Å². The molecule has 0 saturated carbocycles. The smallest absolute Gasteiger partial charge is 0.135 e. The predicted octanol–water partition coefficient (Wildman–Crippen LogP) is 2.26. The van der Waals surface area contributed by atoms with Crippen molar-refractivity contribution in [2.75, 3.05) is 43.0 Å². The van der Waals surface area contributed by atoms with Gasteiger partial charge in [-0.2, -0.15) is 0 Å². The molecule has 3 rings (SSSR count). The number of halogens is 1.